The maximum absolute atomic E-state index is 14.0. The molecular formula is C28H36ClFN8O. The third kappa shape index (κ3) is 4.66. The van der Waals surface area contributed by atoms with Crippen LogP contribution in [-0.4, -0.2) is 71.9 Å². The molecule has 0 radical (unpaired) electrons. The molecule has 1 aromatic carbocycles. The topological polar surface area (TPSA) is 76.6 Å². The fraction of sp³-hybridized carbons (Fsp3) is 0.571. The van der Waals surface area contributed by atoms with Gasteiger partial charge in [0, 0.05) is 37.8 Å². The van der Waals surface area contributed by atoms with E-state index in [0.29, 0.717) is 11.7 Å². The predicted molar refractivity (Wildman–Crippen MR) is 150 cm³/mol. The average molecular weight is 555 g/mol. The highest BCUT2D eigenvalue weighted by molar-refractivity contribution is 6.30. The van der Waals surface area contributed by atoms with Crippen molar-refractivity contribution in [3.63, 3.8) is 0 Å². The van der Waals surface area contributed by atoms with Crippen LogP contribution < -0.4 is 4.90 Å². The third-order valence-electron chi connectivity index (χ3n) is 8.30. The van der Waals surface area contributed by atoms with Crippen molar-refractivity contribution in [2.75, 3.05) is 24.6 Å². The van der Waals surface area contributed by atoms with Gasteiger partial charge in [-0.2, -0.15) is 4.98 Å². The van der Waals surface area contributed by atoms with E-state index in [1.807, 2.05) is 17.4 Å². The molecule has 9 nitrogen and oxygen atoms in total. The van der Waals surface area contributed by atoms with Crippen LogP contribution in [0, 0.1) is 18.7 Å². The Morgan fingerprint density at radius 2 is 1.97 bits per heavy atom. The molecule has 0 N–H and O–H groups in total. The van der Waals surface area contributed by atoms with E-state index in [9.17, 15) is 4.39 Å². The van der Waals surface area contributed by atoms with Gasteiger partial charge in [-0.05, 0) is 57.2 Å². The second kappa shape index (κ2) is 10.3. The summed E-state index contributed by atoms with van der Waals surface area (Å²) in [7, 11) is 0. The van der Waals surface area contributed by atoms with Gasteiger partial charge in [-0.15, -0.1) is 10.2 Å². The lowest BCUT2D eigenvalue weighted by molar-refractivity contribution is 0.0821. The number of fused-ring (bicyclic) bond motifs is 3. The summed E-state index contributed by atoms with van der Waals surface area (Å²) in [6, 6.07) is 5.59. The van der Waals surface area contributed by atoms with Crippen molar-refractivity contribution in [1.29, 1.82) is 0 Å². The Balaban J connectivity index is 1.37. The van der Waals surface area contributed by atoms with Crippen molar-refractivity contribution in [1.82, 2.24) is 34.0 Å². The van der Waals surface area contributed by atoms with Crippen LogP contribution in [0.3, 0.4) is 0 Å². The molecule has 208 valence electrons. The first-order valence-corrected chi connectivity index (χ1v) is 14.3. The van der Waals surface area contributed by atoms with Crippen LogP contribution in [0.4, 0.5) is 10.2 Å². The van der Waals surface area contributed by atoms with E-state index in [1.54, 1.807) is 12.4 Å². The molecule has 39 heavy (non-hydrogen) atoms. The number of nitrogens with zero attached hydrogens (tertiary/aromatic N) is 8. The minimum atomic E-state index is -0.387. The SMILES string of the molecule is Cc1nc2c(N3C[C@@H](C)N(C(c4ccc(F)c(Cl)c4)C(C)C)C[C@@H]3C)nc3nncn3c2n1C[C@@H]1CCCO1. The largest absolute Gasteiger partial charge is 0.376 e. The van der Waals surface area contributed by atoms with E-state index in [-0.39, 0.29) is 35.1 Å². The molecule has 1 unspecified atom stereocenters. The normalized spacial score (nSPS) is 23.5. The highest BCUT2D eigenvalue weighted by Gasteiger charge is 2.37. The van der Waals surface area contributed by atoms with Gasteiger partial charge in [-0.1, -0.05) is 31.5 Å². The smallest absolute Gasteiger partial charge is 0.258 e. The summed E-state index contributed by atoms with van der Waals surface area (Å²) in [5.74, 6) is 2.26. The number of aryl methyl sites for hydroxylation is 1. The van der Waals surface area contributed by atoms with Crippen LogP contribution in [0.2, 0.25) is 5.02 Å². The number of piperazine rings is 1. The maximum Gasteiger partial charge on any atom is 0.258 e. The number of benzene rings is 1. The van der Waals surface area contributed by atoms with Crippen LogP contribution >= 0.6 is 11.6 Å². The van der Waals surface area contributed by atoms with E-state index in [0.717, 1.165) is 67.5 Å². The number of hydrogen-bond acceptors (Lipinski definition) is 7. The van der Waals surface area contributed by atoms with Crippen LogP contribution in [-0.2, 0) is 11.3 Å². The van der Waals surface area contributed by atoms with Gasteiger partial charge >= 0.3 is 0 Å². The average Bonchev–Trinajstić information content (AvgIpc) is 3.64. The molecule has 11 heteroatoms. The summed E-state index contributed by atoms with van der Waals surface area (Å²) in [4.78, 5) is 14.9. The van der Waals surface area contributed by atoms with Crippen molar-refractivity contribution < 1.29 is 9.13 Å². The summed E-state index contributed by atoms with van der Waals surface area (Å²) in [5.41, 5.74) is 2.85. The molecular weight excluding hydrogens is 519 g/mol. The quantitative estimate of drug-likeness (QED) is 0.330. The van der Waals surface area contributed by atoms with Gasteiger partial charge in [-0.25, -0.2) is 13.8 Å². The molecule has 4 atom stereocenters. The number of imidazole rings is 1. The molecule has 2 aliphatic rings. The van der Waals surface area contributed by atoms with E-state index in [4.69, 9.17) is 26.3 Å². The molecule has 0 saturated carbocycles. The van der Waals surface area contributed by atoms with Gasteiger partial charge in [0.25, 0.3) is 5.78 Å². The molecule has 0 aliphatic carbocycles. The van der Waals surface area contributed by atoms with Crippen molar-refractivity contribution in [2.45, 2.75) is 78.2 Å². The van der Waals surface area contributed by atoms with Crippen LogP contribution in [0.25, 0.3) is 16.9 Å². The monoisotopic (exact) mass is 554 g/mol. The number of hydrogen-bond donors (Lipinski definition) is 0. The Morgan fingerprint density at radius 1 is 1.15 bits per heavy atom. The zero-order valence-electron chi connectivity index (χ0n) is 23.2. The van der Waals surface area contributed by atoms with E-state index in [1.165, 1.54) is 6.07 Å². The third-order valence-corrected chi connectivity index (χ3v) is 8.59. The zero-order valence-corrected chi connectivity index (χ0v) is 23.9. The van der Waals surface area contributed by atoms with Crippen molar-refractivity contribution >= 4 is 34.4 Å². The van der Waals surface area contributed by atoms with E-state index in [2.05, 4.69) is 52.3 Å². The van der Waals surface area contributed by atoms with Crippen molar-refractivity contribution in [2.24, 2.45) is 5.92 Å². The Hall–Kier alpha value is -2.82. The fourth-order valence-corrected chi connectivity index (χ4v) is 6.64. The fourth-order valence-electron chi connectivity index (χ4n) is 6.45. The first-order chi connectivity index (χ1) is 18.7. The zero-order chi connectivity index (χ0) is 27.4. The number of aromatic nitrogens is 6. The first kappa shape index (κ1) is 26.4. The highest BCUT2D eigenvalue weighted by Crippen LogP contribution is 2.37. The first-order valence-electron chi connectivity index (χ1n) is 13.9. The Kier molecular flexibility index (Phi) is 6.97. The van der Waals surface area contributed by atoms with Crippen LogP contribution in [0.1, 0.15) is 58.0 Å². The molecule has 3 aromatic heterocycles. The minimum absolute atomic E-state index is 0.113. The Labute approximate surface area is 232 Å². The molecule has 2 saturated heterocycles. The van der Waals surface area contributed by atoms with Crippen molar-refractivity contribution in [3.05, 3.63) is 46.8 Å². The van der Waals surface area contributed by atoms with Gasteiger partial charge in [0.05, 0.1) is 17.7 Å². The Bertz CT molecular complexity index is 1500. The minimum Gasteiger partial charge on any atom is -0.376 e. The number of rotatable bonds is 6. The lowest BCUT2D eigenvalue weighted by Gasteiger charge is -2.49. The molecule has 5 heterocycles. The second-order valence-electron chi connectivity index (χ2n) is 11.4. The van der Waals surface area contributed by atoms with Gasteiger partial charge in [-0.3, -0.25) is 4.90 Å². The number of ether oxygens (including phenoxy) is 1. The molecule has 0 spiro atoms. The summed E-state index contributed by atoms with van der Waals surface area (Å²) in [5, 5.41) is 8.66. The van der Waals surface area contributed by atoms with Crippen LogP contribution in [0.15, 0.2) is 24.5 Å². The van der Waals surface area contributed by atoms with Gasteiger partial charge < -0.3 is 14.2 Å². The summed E-state index contributed by atoms with van der Waals surface area (Å²) in [6.07, 6.45) is 4.04. The second-order valence-corrected chi connectivity index (χ2v) is 11.8. The highest BCUT2D eigenvalue weighted by atomic mass is 35.5. The van der Waals surface area contributed by atoms with Crippen molar-refractivity contribution in [3.8, 4) is 0 Å². The lowest BCUT2D eigenvalue weighted by Crippen LogP contribution is -2.58. The summed E-state index contributed by atoms with van der Waals surface area (Å²) >= 11 is 6.19. The van der Waals surface area contributed by atoms with Gasteiger partial charge in [0.1, 0.15) is 23.5 Å². The molecule has 0 bridgehead atoms. The molecule has 6 rings (SSSR count). The summed E-state index contributed by atoms with van der Waals surface area (Å²) in [6.45, 7) is 14.1. The Morgan fingerprint density at radius 3 is 2.69 bits per heavy atom. The molecule has 2 fully saturated rings. The standard InChI is InChI=1S/C28H36ClFN8O/c1-16(2)25(20-8-9-23(30)22(29)11-20)35-12-18(4)36(13-17(35)3)26-24-27(38-15-31-34-28(38)33-26)37(19(5)32-24)14-21-7-6-10-39-21/h8-9,11,15-18,21,25H,6-7,10,12-14H2,1-5H3/t17-,18+,21+,25?/m1/s1. The molecule has 2 aliphatic heterocycles. The van der Waals surface area contributed by atoms with Gasteiger partial charge in [0.15, 0.2) is 11.5 Å². The molecule has 4 aromatic rings. The van der Waals surface area contributed by atoms with Gasteiger partial charge in [0.2, 0.25) is 0 Å². The number of anilines is 1. The van der Waals surface area contributed by atoms with E-state index >= 15 is 0 Å². The van der Waals surface area contributed by atoms with Crippen LogP contribution in [0.5, 0.6) is 0 Å². The molecule has 0 amide bonds. The maximum atomic E-state index is 14.0. The summed E-state index contributed by atoms with van der Waals surface area (Å²) < 4.78 is 24.1. The van der Waals surface area contributed by atoms with E-state index < -0.39 is 0 Å². The predicted octanol–water partition coefficient (Wildman–Crippen LogP) is 5.05. The number of halogens is 2. The lowest BCUT2D eigenvalue weighted by atomic mass is 9.91.